The van der Waals surface area contributed by atoms with Crippen molar-refractivity contribution < 1.29 is 19.8 Å². The predicted octanol–water partition coefficient (Wildman–Crippen LogP) is -1.48. The van der Waals surface area contributed by atoms with Crippen LogP contribution in [-0.2, 0) is 9.59 Å². The number of nitrogens with zero attached hydrogens (tertiary/aromatic N) is 1. The van der Waals surface area contributed by atoms with Crippen molar-refractivity contribution in [1.29, 1.82) is 0 Å². The molecule has 0 aliphatic carbocycles. The fraction of sp³-hybridized carbons (Fsp3) is 0.600. The van der Waals surface area contributed by atoms with Crippen LogP contribution in [0.2, 0.25) is 0 Å². The van der Waals surface area contributed by atoms with Gasteiger partial charge in [-0.15, -0.1) is 0 Å². The SMILES string of the molecule is CN(C=O)C(CO)C(=O)O. The van der Waals surface area contributed by atoms with Crippen molar-refractivity contribution in [3.8, 4) is 0 Å². The minimum absolute atomic E-state index is 0.356. The number of aliphatic carboxylic acids is 1. The van der Waals surface area contributed by atoms with Crippen LogP contribution in [0.25, 0.3) is 0 Å². The predicted molar refractivity (Wildman–Crippen MR) is 32.3 cm³/mol. The lowest BCUT2D eigenvalue weighted by Gasteiger charge is -2.16. The molecule has 0 saturated carbocycles. The molecule has 0 aromatic rings. The first-order chi connectivity index (χ1) is 4.63. The van der Waals surface area contributed by atoms with E-state index in [1.54, 1.807) is 0 Å². The summed E-state index contributed by atoms with van der Waals surface area (Å²) in [6, 6.07) is -1.13. The second kappa shape index (κ2) is 3.84. The quantitative estimate of drug-likeness (QED) is 0.475. The molecule has 0 aliphatic heterocycles. The first-order valence-corrected chi connectivity index (χ1v) is 2.64. The van der Waals surface area contributed by atoms with E-state index in [9.17, 15) is 9.59 Å². The van der Waals surface area contributed by atoms with Crippen LogP contribution in [-0.4, -0.2) is 47.2 Å². The molecule has 5 nitrogen and oxygen atoms in total. The van der Waals surface area contributed by atoms with Crippen molar-refractivity contribution in [3.63, 3.8) is 0 Å². The lowest BCUT2D eigenvalue weighted by Crippen LogP contribution is -2.40. The lowest BCUT2D eigenvalue weighted by molar-refractivity contribution is -0.147. The fourth-order valence-electron chi connectivity index (χ4n) is 0.455. The van der Waals surface area contributed by atoms with Crippen LogP contribution >= 0.6 is 0 Å². The van der Waals surface area contributed by atoms with Crippen LogP contribution < -0.4 is 0 Å². The Hall–Kier alpha value is -1.10. The minimum atomic E-state index is -1.21. The number of carbonyl (C=O) groups excluding carboxylic acids is 1. The molecule has 0 aromatic carbocycles. The van der Waals surface area contributed by atoms with E-state index < -0.39 is 18.6 Å². The molecule has 0 fully saturated rings. The molecular weight excluding hydrogens is 138 g/mol. The number of carboxylic acid groups (broad SMARTS) is 1. The molecule has 0 heterocycles. The highest BCUT2D eigenvalue weighted by Gasteiger charge is 2.19. The smallest absolute Gasteiger partial charge is 0.328 e. The number of aliphatic hydroxyl groups is 1. The summed E-state index contributed by atoms with van der Waals surface area (Å²) >= 11 is 0. The molecule has 58 valence electrons. The molecule has 5 heteroatoms. The Morgan fingerprint density at radius 1 is 1.80 bits per heavy atom. The summed E-state index contributed by atoms with van der Waals surface area (Å²) in [6.45, 7) is -0.565. The van der Waals surface area contributed by atoms with Crippen molar-refractivity contribution in [2.45, 2.75) is 6.04 Å². The molecule has 0 rings (SSSR count). The van der Waals surface area contributed by atoms with E-state index in [0.29, 0.717) is 6.41 Å². The Morgan fingerprint density at radius 3 is 2.40 bits per heavy atom. The number of aliphatic hydroxyl groups excluding tert-OH is 1. The Kier molecular flexibility index (Phi) is 3.42. The summed E-state index contributed by atoms with van der Waals surface area (Å²) in [5, 5.41) is 16.7. The first kappa shape index (κ1) is 8.90. The van der Waals surface area contributed by atoms with Gasteiger partial charge in [0.15, 0.2) is 6.04 Å². The van der Waals surface area contributed by atoms with Gasteiger partial charge in [0.2, 0.25) is 6.41 Å². The average Bonchev–Trinajstić information content (AvgIpc) is 1.88. The van der Waals surface area contributed by atoms with Crippen molar-refractivity contribution in [3.05, 3.63) is 0 Å². The molecule has 0 spiro atoms. The number of carbonyl (C=O) groups is 2. The number of amides is 1. The fourth-order valence-corrected chi connectivity index (χ4v) is 0.455. The maximum Gasteiger partial charge on any atom is 0.328 e. The first-order valence-electron chi connectivity index (χ1n) is 2.64. The van der Waals surface area contributed by atoms with Crippen LogP contribution in [0, 0.1) is 0 Å². The van der Waals surface area contributed by atoms with Gasteiger partial charge in [-0.3, -0.25) is 4.79 Å². The summed E-state index contributed by atoms with van der Waals surface area (Å²) in [5.41, 5.74) is 0. The second-order valence-corrected chi connectivity index (χ2v) is 1.81. The summed E-state index contributed by atoms with van der Waals surface area (Å²) in [6.07, 6.45) is 0.356. The number of rotatable bonds is 4. The van der Waals surface area contributed by atoms with Crippen molar-refractivity contribution in [2.24, 2.45) is 0 Å². The number of likely N-dealkylation sites (N-methyl/N-ethyl adjacent to an activating group) is 1. The summed E-state index contributed by atoms with van der Waals surface area (Å²) < 4.78 is 0. The molecule has 0 saturated heterocycles. The zero-order chi connectivity index (χ0) is 8.15. The van der Waals surface area contributed by atoms with Gasteiger partial charge in [-0.05, 0) is 0 Å². The maximum atomic E-state index is 10.2. The van der Waals surface area contributed by atoms with E-state index >= 15 is 0 Å². The third kappa shape index (κ3) is 2.02. The van der Waals surface area contributed by atoms with E-state index in [1.807, 2.05) is 0 Å². The van der Waals surface area contributed by atoms with Crippen molar-refractivity contribution >= 4 is 12.4 Å². The maximum absolute atomic E-state index is 10.2. The third-order valence-corrected chi connectivity index (χ3v) is 1.12. The van der Waals surface area contributed by atoms with Crippen LogP contribution in [0.15, 0.2) is 0 Å². The van der Waals surface area contributed by atoms with Gasteiger partial charge in [0.1, 0.15) is 0 Å². The number of hydrogen-bond donors (Lipinski definition) is 2. The monoisotopic (exact) mass is 147 g/mol. The molecule has 1 unspecified atom stereocenters. The molecule has 0 bridgehead atoms. The molecular formula is C5H9NO4. The van der Waals surface area contributed by atoms with E-state index in [-0.39, 0.29) is 0 Å². The topological polar surface area (TPSA) is 77.8 Å². The van der Waals surface area contributed by atoms with Gasteiger partial charge in [0, 0.05) is 7.05 Å². The normalized spacial score (nSPS) is 12.2. The van der Waals surface area contributed by atoms with E-state index in [2.05, 4.69) is 0 Å². The standard InChI is InChI=1S/C5H9NO4/c1-6(3-8)4(2-7)5(9)10/h3-4,7H,2H2,1H3,(H,9,10). The average molecular weight is 147 g/mol. The van der Waals surface area contributed by atoms with Gasteiger partial charge in [-0.1, -0.05) is 0 Å². The van der Waals surface area contributed by atoms with Gasteiger partial charge in [-0.2, -0.15) is 0 Å². The molecule has 1 atom stereocenters. The van der Waals surface area contributed by atoms with Crippen LogP contribution in [0.1, 0.15) is 0 Å². The molecule has 0 aromatic heterocycles. The van der Waals surface area contributed by atoms with E-state index in [1.165, 1.54) is 7.05 Å². The largest absolute Gasteiger partial charge is 0.480 e. The molecule has 0 radical (unpaired) electrons. The Balaban J connectivity index is 4.05. The molecule has 2 N–H and O–H groups in total. The highest BCUT2D eigenvalue weighted by molar-refractivity contribution is 5.76. The second-order valence-electron chi connectivity index (χ2n) is 1.81. The summed E-state index contributed by atoms with van der Waals surface area (Å²) in [5.74, 6) is -1.21. The van der Waals surface area contributed by atoms with Gasteiger partial charge in [0.05, 0.1) is 6.61 Å². The van der Waals surface area contributed by atoms with Crippen molar-refractivity contribution in [2.75, 3.05) is 13.7 Å². The van der Waals surface area contributed by atoms with E-state index in [0.717, 1.165) is 4.90 Å². The Labute approximate surface area is 57.9 Å². The van der Waals surface area contributed by atoms with Crippen LogP contribution in [0.3, 0.4) is 0 Å². The lowest BCUT2D eigenvalue weighted by atomic mass is 10.3. The molecule has 1 amide bonds. The third-order valence-electron chi connectivity index (χ3n) is 1.12. The zero-order valence-electron chi connectivity index (χ0n) is 5.52. The van der Waals surface area contributed by atoms with Crippen LogP contribution in [0.5, 0.6) is 0 Å². The van der Waals surface area contributed by atoms with Crippen LogP contribution in [0.4, 0.5) is 0 Å². The van der Waals surface area contributed by atoms with Gasteiger partial charge >= 0.3 is 5.97 Å². The Bertz CT molecular complexity index is 136. The van der Waals surface area contributed by atoms with Gasteiger partial charge in [0.25, 0.3) is 0 Å². The highest BCUT2D eigenvalue weighted by atomic mass is 16.4. The highest BCUT2D eigenvalue weighted by Crippen LogP contribution is 1.90. The van der Waals surface area contributed by atoms with Gasteiger partial charge < -0.3 is 15.1 Å². The van der Waals surface area contributed by atoms with Crippen molar-refractivity contribution in [1.82, 2.24) is 4.90 Å². The summed E-state index contributed by atoms with van der Waals surface area (Å²) in [7, 11) is 1.29. The number of hydrogen-bond acceptors (Lipinski definition) is 3. The minimum Gasteiger partial charge on any atom is -0.480 e. The number of carboxylic acids is 1. The van der Waals surface area contributed by atoms with Gasteiger partial charge in [-0.25, -0.2) is 4.79 Å². The molecule has 10 heavy (non-hydrogen) atoms. The van der Waals surface area contributed by atoms with E-state index in [4.69, 9.17) is 10.2 Å². The Morgan fingerprint density at radius 2 is 2.30 bits per heavy atom. The zero-order valence-corrected chi connectivity index (χ0v) is 5.52. The molecule has 0 aliphatic rings. The summed E-state index contributed by atoms with van der Waals surface area (Å²) in [4.78, 5) is 21.0.